The zero-order valence-electron chi connectivity index (χ0n) is 21.3. The SMILES string of the molecule is Cc1oc2nc(N3CCOCC3)n(-c3ccccc3)c(=O)c2c1C(=O)NNC(=O)c1cc2ccccc2oc1=O. The monoisotopic (exact) mass is 541 g/mol. The van der Waals surface area contributed by atoms with Crippen LogP contribution in [0.25, 0.3) is 27.8 Å². The molecule has 0 saturated carbocycles. The van der Waals surface area contributed by atoms with Crippen LogP contribution >= 0.6 is 0 Å². The second kappa shape index (κ2) is 10.2. The Morgan fingerprint density at radius 2 is 1.60 bits per heavy atom. The van der Waals surface area contributed by atoms with Crippen molar-refractivity contribution in [2.75, 3.05) is 31.2 Å². The van der Waals surface area contributed by atoms with Crippen molar-refractivity contribution in [3.8, 4) is 5.69 Å². The number of aryl methyl sites for hydroxylation is 1. The highest BCUT2D eigenvalue weighted by Crippen LogP contribution is 2.26. The number of amides is 2. The molecule has 0 radical (unpaired) electrons. The number of carbonyl (C=O) groups is 2. The van der Waals surface area contributed by atoms with Crippen molar-refractivity contribution in [3.63, 3.8) is 0 Å². The predicted molar refractivity (Wildman–Crippen MR) is 145 cm³/mol. The van der Waals surface area contributed by atoms with Crippen LogP contribution in [0.4, 0.5) is 5.95 Å². The molecule has 4 heterocycles. The van der Waals surface area contributed by atoms with E-state index < -0.39 is 23.0 Å². The van der Waals surface area contributed by atoms with Gasteiger partial charge in [0.15, 0.2) is 0 Å². The van der Waals surface area contributed by atoms with Crippen molar-refractivity contribution < 1.29 is 23.2 Å². The quantitative estimate of drug-likeness (QED) is 0.258. The number of hydrogen-bond donors (Lipinski definition) is 2. The Balaban J connectivity index is 1.37. The van der Waals surface area contributed by atoms with Gasteiger partial charge in [-0.1, -0.05) is 36.4 Å². The van der Waals surface area contributed by atoms with Gasteiger partial charge in [-0.3, -0.25) is 25.2 Å². The van der Waals surface area contributed by atoms with Crippen molar-refractivity contribution in [1.29, 1.82) is 0 Å². The number of morpholine rings is 1. The van der Waals surface area contributed by atoms with Crippen molar-refractivity contribution >= 4 is 39.8 Å². The van der Waals surface area contributed by atoms with Gasteiger partial charge in [-0.15, -0.1) is 0 Å². The molecule has 12 nitrogen and oxygen atoms in total. The summed E-state index contributed by atoms with van der Waals surface area (Å²) in [6.07, 6.45) is 0. The van der Waals surface area contributed by atoms with Crippen molar-refractivity contribution in [2.24, 2.45) is 0 Å². The number of furan rings is 1. The first-order valence-electron chi connectivity index (χ1n) is 12.5. The molecule has 12 heteroatoms. The minimum absolute atomic E-state index is 0.0113. The van der Waals surface area contributed by atoms with Gasteiger partial charge >= 0.3 is 5.63 Å². The van der Waals surface area contributed by atoms with Crippen LogP contribution in [0.3, 0.4) is 0 Å². The van der Waals surface area contributed by atoms with Gasteiger partial charge in [0, 0.05) is 18.5 Å². The average Bonchev–Trinajstić information content (AvgIpc) is 3.32. The average molecular weight is 542 g/mol. The van der Waals surface area contributed by atoms with E-state index in [0.29, 0.717) is 48.9 Å². The van der Waals surface area contributed by atoms with Gasteiger partial charge < -0.3 is 18.5 Å². The van der Waals surface area contributed by atoms with Gasteiger partial charge in [0.25, 0.3) is 17.4 Å². The molecule has 2 amide bonds. The molecule has 3 aromatic heterocycles. The smallest absolute Gasteiger partial charge is 0.349 e. The first kappa shape index (κ1) is 25.1. The molecule has 2 aromatic carbocycles. The predicted octanol–water partition coefficient (Wildman–Crippen LogP) is 2.30. The molecule has 5 aromatic rings. The molecule has 1 aliphatic rings. The fourth-order valence-corrected chi connectivity index (χ4v) is 4.67. The van der Waals surface area contributed by atoms with E-state index in [1.54, 1.807) is 48.5 Å². The summed E-state index contributed by atoms with van der Waals surface area (Å²) in [5.74, 6) is -1.19. The minimum atomic E-state index is -0.882. The molecule has 2 N–H and O–H groups in total. The van der Waals surface area contributed by atoms with Gasteiger partial charge in [-0.2, -0.15) is 4.98 Å². The second-order valence-electron chi connectivity index (χ2n) is 9.09. The number of para-hydroxylation sites is 2. The lowest BCUT2D eigenvalue weighted by Gasteiger charge is -2.29. The summed E-state index contributed by atoms with van der Waals surface area (Å²) in [5, 5.41) is 0.495. The van der Waals surface area contributed by atoms with Crippen LogP contribution in [0, 0.1) is 6.92 Å². The molecule has 1 aliphatic heterocycles. The van der Waals surface area contributed by atoms with Gasteiger partial charge in [0.2, 0.25) is 11.7 Å². The van der Waals surface area contributed by atoms with E-state index in [0.717, 1.165) is 0 Å². The number of hydrazine groups is 1. The number of nitrogens with one attached hydrogen (secondary N) is 2. The molecule has 40 heavy (non-hydrogen) atoms. The summed E-state index contributed by atoms with van der Waals surface area (Å²) in [5.41, 5.74) is 3.62. The molecule has 0 spiro atoms. The molecule has 0 bridgehead atoms. The lowest BCUT2D eigenvalue weighted by molar-refractivity contribution is 0.0844. The van der Waals surface area contributed by atoms with Crippen molar-refractivity contribution in [1.82, 2.24) is 20.4 Å². The number of ether oxygens (including phenoxy) is 1. The third-order valence-corrected chi connectivity index (χ3v) is 6.60. The maximum Gasteiger partial charge on any atom is 0.349 e. The van der Waals surface area contributed by atoms with E-state index in [1.807, 2.05) is 11.0 Å². The summed E-state index contributed by atoms with van der Waals surface area (Å²) in [7, 11) is 0. The number of rotatable bonds is 4. The number of benzene rings is 2. The minimum Gasteiger partial charge on any atom is -0.442 e. The van der Waals surface area contributed by atoms with Crippen LogP contribution in [0.2, 0.25) is 0 Å². The highest BCUT2D eigenvalue weighted by molar-refractivity contribution is 6.07. The van der Waals surface area contributed by atoms with Crippen LogP contribution in [0.5, 0.6) is 0 Å². The molecular weight excluding hydrogens is 518 g/mol. The number of aromatic nitrogens is 2. The summed E-state index contributed by atoms with van der Waals surface area (Å²) in [6.45, 7) is 3.52. The van der Waals surface area contributed by atoms with Gasteiger partial charge in [0.05, 0.1) is 24.5 Å². The van der Waals surface area contributed by atoms with Crippen LogP contribution in [0.15, 0.2) is 79.1 Å². The van der Waals surface area contributed by atoms with Gasteiger partial charge in [-0.05, 0) is 31.2 Å². The van der Waals surface area contributed by atoms with E-state index in [4.69, 9.17) is 13.6 Å². The summed E-state index contributed by atoms with van der Waals surface area (Å²) in [4.78, 5) is 58.9. The third kappa shape index (κ3) is 4.39. The van der Waals surface area contributed by atoms with Crippen LogP contribution in [-0.2, 0) is 4.74 Å². The van der Waals surface area contributed by atoms with E-state index in [2.05, 4.69) is 15.8 Å². The molecule has 1 fully saturated rings. The Hall–Kier alpha value is -5.23. The van der Waals surface area contributed by atoms with Crippen LogP contribution in [0.1, 0.15) is 26.5 Å². The Labute approximate surface area is 225 Å². The molecule has 1 saturated heterocycles. The zero-order chi connectivity index (χ0) is 27.8. The lowest BCUT2D eigenvalue weighted by atomic mass is 10.1. The molecule has 0 aliphatic carbocycles. The van der Waals surface area contributed by atoms with Crippen molar-refractivity contribution in [3.05, 3.63) is 98.3 Å². The largest absolute Gasteiger partial charge is 0.442 e. The maximum absolute atomic E-state index is 13.9. The molecular formula is C28H23N5O7. The number of fused-ring (bicyclic) bond motifs is 2. The normalized spacial score (nSPS) is 13.5. The highest BCUT2D eigenvalue weighted by atomic mass is 16.5. The fraction of sp³-hybridized carbons (Fsp3) is 0.179. The number of hydrogen-bond acceptors (Lipinski definition) is 9. The Kier molecular flexibility index (Phi) is 6.36. The summed E-state index contributed by atoms with van der Waals surface area (Å²) in [6, 6.07) is 17.0. The van der Waals surface area contributed by atoms with E-state index in [-0.39, 0.29) is 28.0 Å². The Morgan fingerprint density at radius 3 is 2.38 bits per heavy atom. The number of anilines is 1. The summed E-state index contributed by atoms with van der Waals surface area (Å²) >= 11 is 0. The van der Waals surface area contributed by atoms with Crippen LogP contribution in [-0.4, -0.2) is 47.7 Å². The first-order valence-corrected chi connectivity index (χ1v) is 12.5. The Bertz CT molecular complexity index is 1890. The summed E-state index contributed by atoms with van der Waals surface area (Å²) < 4.78 is 17.8. The first-order chi connectivity index (χ1) is 19.4. The molecule has 6 rings (SSSR count). The number of nitrogens with zero attached hydrogens (tertiary/aromatic N) is 3. The molecule has 202 valence electrons. The Morgan fingerprint density at radius 1 is 0.900 bits per heavy atom. The molecule has 0 atom stereocenters. The van der Waals surface area contributed by atoms with E-state index in [9.17, 15) is 19.2 Å². The lowest BCUT2D eigenvalue weighted by Crippen LogP contribution is -2.43. The fourth-order valence-electron chi connectivity index (χ4n) is 4.67. The zero-order valence-corrected chi connectivity index (χ0v) is 21.3. The standard InChI is InChI=1S/C28H23N5O7/c1-16-21(24(35)31-30-23(34)19-15-17-7-5-6-10-20(17)40-27(19)37)22-25(39-16)29-28(32-11-13-38-14-12-32)33(26(22)36)18-8-3-2-4-9-18/h2-10,15H,11-14H2,1H3,(H,30,34)(H,31,35). The van der Waals surface area contributed by atoms with Gasteiger partial charge in [0.1, 0.15) is 22.3 Å². The van der Waals surface area contributed by atoms with E-state index in [1.165, 1.54) is 17.6 Å². The molecule has 0 unspecified atom stereocenters. The van der Waals surface area contributed by atoms with Crippen LogP contribution < -0.4 is 26.9 Å². The number of carbonyl (C=O) groups excluding carboxylic acids is 2. The highest BCUT2D eigenvalue weighted by Gasteiger charge is 2.28. The second-order valence-corrected chi connectivity index (χ2v) is 9.09. The van der Waals surface area contributed by atoms with Gasteiger partial charge in [-0.25, -0.2) is 9.36 Å². The van der Waals surface area contributed by atoms with E-state index >= 15 is 0 Å². The topological polar surface area (TPSA) is 149 Å². The maximum atomic E-state index is 13.9. The van der Waals surface area contributed by atoms with Crippen molar-refractivity contribution in [2.45, 2.75) is 6.92 Å². The third-order valence-electron chi connectivity index (χ3n) is 6.60.